The first-order valence-corrected chi connectivity index (χ1v) is 5.86. The Morgan fingerprint density at radius 3 is 2.35 bits per heavy atom. The normalized spacial score (nSPS) is 10.9. The molecule has 0 amide bonds. The van der Waals surface area contributed by atoms with E-state index in [4.69, 9.17) is 0 Å². The van der Waals surface area contributed by atoms with Gasteiger partial charge >= 0.3 is 0 Å². The van der Waals surface area contributed by atoms with Crippen molar-refractivity contribution in [3.05, 3.63) is 39.6 Å². The summed E-state index contributed by atoms with van der Waals surface area (Å²) in [6.45, 7) is 3.66. The van der Waals surface area contributed by atoms with Crippen LogP contribution >= 0.6 is 15.9 Å². The molecule has 0 unspecified atom stereocenters. The van der Waals surface area contributed by atoms with Gasteiger partial charge in [0.1, 0.15) is 11.6 Å². The summed E-state index contributed by atoms with van der Waals surface area (Å²) in [5.74, 6) is -1.18. The van der Waals surface area contributed by atoms with E-state index in [1.165, 1.54) is 6.07 Å². The molecule has 1 aromatic carbocycles. The lowest BCUT2D eigenvalue weighted by molar-refractivity contribution is 0.581. The third-order valence-electron chi connectivity index (χ3n) is 2.79. The van der Waals surface area contributed by atoms with E-state index in [0.717, 1.165) is 17.5 Å². The molecule has 0 saturated heterocycles. The molecule has 0 bridgehead atoms. The number of benzene rings is 1. The van der Waals surface area contributed by atoms with Gasteiger partial charge in [0, 0.05) is 29.9 Å². The van der Waals surface area contributed by atoms with Gasteiger partial charge in [0.05, 0.1) is 10.2 Å². The summed E-state index contributed by atoms with van der Waals surface area (Å²) in [5, 5.41) is 4.22. The fourth-order valence-electron chi connectivity index (χ4n) is 1.88. The van der Waals surface area contributed by atoms with Gasteiger partial charge in [-0.1, -0.05) is 0 Å². The minimum absolute atomic E-state index is 0.247. The summed E-state index contributed by atoms with van der Waals surface area (Å²) < 4.78 is 28.9. The van der Waals surface area contributed by atoms with Crippen LogP contribution in [-0.4, -0.2) is 9.78 Å². The van der Waals surface area contributed by atoms with Crippen LogP contribution < -0.4 is 0 Å². The zero-order valence-electron chi connectivity index (χ0n) is 9.68. The molecule has 0 fully saturated rings. The minimum Gasteiger partial charge on any atom is -0.272 e. The number of hydrogen-bond donors (Lipinski definition) is 0. The summed E-state index contributed by atoms with van der Waals surface area (Å²) in [5.41, 5.74) is 2.65. The van der Waals surface area contributed by atoms with E-state index in [-0.39, 0.29) is 4.47 Å². The number of aromatic nitrogens is 2. The van der Waals surface area contributed by atoms with Crippen molar-refractivity contribution in [1.29, 1.82) is 0 Å². The lowest BCUT2D eigenvalue weighted by atomic mass is 10.0. The Kier molecular flexibility index (Phi) is 3.03. The maximum absolute atomic E-state index is 13.8. The van der Waals surface area contributed by atoms with Crippen molar-refractivity contribution < 1.29 is 8.78 Å². The highest BCUT2D eigenvalue weighted by molar-refractivity contribution is 9.10. The number of aryl methyl sites for hydroxylation is 2. The first kappa shape index (κ1) is 12.2. The SMILES string of the molecule is Cc1nn(C)c(C)c1-c1cc(Br)c(F)cc1F. The molecule has 2 nitrogen and oxygen atoms in total. The molecule has 90 valence electrons. The van der Waals surface area contributed by atoms with E-state index in [1.807, 2.05) is 6.92 Å². The average Bonchev–Trinajstić information content (AvgIpc) is 2.48. The van der Waals surface area contributed by atoms with Gasteiger partial charge in [0.15, 0.2) is 0 Å². The van der Waals surface area contributed by atoms with Crippen molar-refractivity contribution in [2.45, 2.75) is 13.8 Å². The van der Waals surface area contributed by atoms with Gasteiger partial charge in [-0.3, -0.25) is 4.68 Å². The third kappa shape index (κ3) is 1.99. The molecule has 5 heteroatoms. The molecule has 0 aliphatic heterocycles. The van der Waals surface area contributed by atoms with Crippen LogP contribution in [0.15, 0.2) is 16.6 Å². The molecule has 1 aromatic heterocycles. The Labute approximate surface area is 106 Å². The molecule has 1 heterocycles. The van der Waals surface area contributed by atoms with E-state index >= 15 is 0 Å². The topological polar surface area (TPSA) is 17.8 Å². The van der Waals surface area contributed by atoms with Gasteiger partial charge in [-0.15, -0.1) is 0 Å². The van der Waals surface area contributed by atoms with Crippen LogP contribution in [0.4, 0.5) is 8.78 Å². The predicted molar refractivity (Wildman–Crippen MR) is 65.7 cm³/mol. The monoisotopic (exact) mass is 300 g/mol. The standard InChI is InChI=1S/C12H11BrF2N2/c1-6-12(7(2)17(3)16-6)8-4-9(13)11(15)5-10(8)14/h4-5H,1-3H3. The van der Waals surface area contributed by atoms with Crippen molar-refractivity contribution in [3.8, 4) is 11.1 Å². The molecule has 17 heavy (non-hydrogen) atoms. The zero-order valence-corrected chi connectivity index (χ0v) is 11.3. The largest absolute Gasteiger partial charge is 0.272 e. The highest BCUT2D eigenvalue weighted by Gasteiger charge is 2.17. The molecule has 2 rings (SSSR count). The summed E-state index contributed by atoms with van der Waals surface area (Å²) in [4.78, 5) is 0. The quantitative estimate of drug-likeness (QED) is 0.734. The molecular weight excluding hydrogens is 290 g/mol. The summed E-state index contributed by atoms with van der Waals surface area (Å²) >= 11 is 3.06. The second-order valence-electron chi connectivity index (χ2n) is 3.92. The fourth-order valence-corrected chi connectivity index (χ4v) is 2.22. The van der Waals surface area contributed by atoms with Crippen LogP contribution in [0, 0.1) is 25.5 Å². The first-order chi connectivity index (χ1) is 7.91. The Bertz CT molecular complexity index is 591. The first-order valence-electron chi connectivity index (χ1n) is 5.07. The third-order valence-corrected chi connectivity index (χ3v) is 3.40. The molecule has 0 aliphatic carbocycles. The van der Waals surface area contributed by atoms with E-state index < -0.39 is 11.6 Å². The molecule has 0 N–H and O–H groups in total. The van der Waals surface area contributed by atoms with E-state index in [0.29, 0.717) is 11.1 Å². The van der Waals surface area contributed by atoms with Gasteiger partial charge in [-0.25, -0.2) is 8.78 Å². The fraction of sp³-hybridized carbons (Fsp3) is 0.250. The van der Waals surface area contributed by atoms with Crippen LogP contribution in [0.1, 0.15) is 11.4 Å². The number of hydrogen-bond acceptors (Lipinski definition) is 1. The van der Waals surface area contributed by atoms with E-state index in [9.17, 15) is 8.78 Å². The molecule has 0 aliphatic rings. The van der Waals surface area contributed by atoms with Crippen molar-refractivity contribution in [1.82, 2.24) is 9.78 Å². The van der Waals surface area contributed by atoms with Gasteiger partial charge in [0.25, 0.3) is 0 Å². The van der Waals surface area contributed by atoms with Crippen LogP contribution in [0.2, 0.25) is 0 Å². The van der Waals surface area contributed by atoms with Crippen LogP contribution in [0.25, 0.3) is 11.1 Å². The van der Waals surface area contributed by atoms with Gasteiger partial charge in [-0.2, -0.15) is 5.10 Å². The van der Waals surface area contributed by atoms with E-state index in [1.54, 1.807) is 18.7 Å². The van der Waals surface area contributed by atoms with E-state index in [2.05, 4.69) is 21.0 Å². The van der Waals surface area contributed by atoms with Crippen molar-refractivity contribution >= 4 is 15.9 Å². The van der Waals surface area contributed by atoms with Gasteiger partial charge in [-0.05, 0) is 35.8 Å². The lowest BCUT2D eigenvalue weighted by Crippen LogP contribution is -1.94. The smallest absolute Gasteiger partial charge is 0.140 e. The Balaban J connectivity index is 2.72. The highest BCUT2D eigenvalue weighted by Crippen LogP contribution is 2.32. The van der Waals surface area contributed by atoms with Crippen LogP contribution in [-0.2, 0) is 7.05 Å². The molecule has 0 radical (unpaired) electrons. The molecule has 2 aromatic rings. The predicted octanol–water partition coefficient (Wildman–Crippen LogP) is 3.74. The van der Waals surface area contributed by atoms with Crippen LogP contribution in [0.5, 0.6) is 0 Å². The minimum atomic E-state index is -0.606. The average molecular weight is 301 g/mol. The summed E-state index contributed by atoms with van der Waals surface area (Å²) in [6.07, 6.45) is 0. The molecule has 0 spiro atoms. The Morgan fingerprint density at radius 1 is 1.18 bits per heavy atom. The second-order valence-corrected chi connectivity index (χ2v) is 4.77. The molecular formula is C12H11BrF2N2. The van der Waals surface area contributed by atoms with Crippen molar-refractivity contribution in [3.63, 3.8) is 0 Å². The van der Waals surface area contributed by atoms with Crippen molar-refractivity contribution in [2.24, 2.45) is 7.05 Å². The summed E-state index contributed by atoms with van der Waals surface area (Å²) in [7, 11) is 1.79. The van der Waals surface area contributed by atoms with Crippen molar-refractivity contribution in [2.75, 3.05) is 0 Å². The molecule has 0 atom stereocenters. The van der Waals surface area contributed by atoms with Gasteiger partial charge in [0.2, 0.25) is 0 Å². The Hall–Kier alpha value is -1.23. The second kappa shape index (κ2) is 4.22. The highest BCUT2D eigenvalue weighted by atomic mass is 79.9. The summed E-state index contributed by atoms with van der Waals surface area (Å²) in [6, 6.07) is 2.33. The maximum atomic E-state index is 13.8. The molecule has 0 saturated carbocycles. The number of rotatable bonds is 1. The van der Waals surface area contributed by atoms with Crippen LogP contribution in [0.3, 0.4) is 0 Å². The maximum Gasteiger partial charge on any atom is 0.140 e. The Morgan fingerprint density at radius 2 is 1.82 bits per heavy atom. The van der Waals surface area contributed by atoms with Gasteiger partial charge < -0.3 is 0 Å². The lowest BCUT2D eigenvalue weighted by Gasteiger charge is -2.06. The number of halogens is 3. The zero-order chi connectivity index (χ0) is 12.7. The number of nitrogens with zero attached hydrogens (tertiary/aromatic N) is 2.